The van der Waals surface area contributed by atoms with Crippen molar-refractivity contribution in [1.82, 2.24) is 0 Å². The summed E-state index contributed by atoms with van der Waals surface area (Å²) in [6, 6.07) is 35.6. The van der Waals surface area contributed by atoms with Crippen LogP contribution in [0.5, 0.6) is 17.2 Å². The van der Waals surface area contributed by atoms with Crippen LogP contribution < -0.4 is 24.3 Å². The largest absolute Gasteiger partial charge is 0.534 e. The summed E-state index contributed by atoms with van der Waals surface area (Å²) in [4.78, 5) is 0. The van der Waals surface area contributed by atoms with Crippen molar-refractivity contribution in [3.05, 3.63) is 120 Å². The molecule has 0 aliphatic carbocycles. The topological polar surface area (TPSA) is 27.7 Å². The molecule has 0 fully saturated rings. The molecule has 37 heavy (non-hydrogen) atoms. The Hall–Kier alpha value is -3.76. The van der Waals surface area contributed by atoms with Crippen molar-refractivity contribution in [1.29, 1.82) is 0 Å². The second kappa shape index (κ2) is 11.5. The van der Waals surface area contributed by atoms with Crippen molar-refractivity contribution in [3.8, 4) is 17.2 Å². The maximum Gasteiger partial charge on any atom is 0.319 e. The molecule has 0 aromatic heterocycles. The maximum atomic E-state index is 7.40. The van der Waals surface area contributed by atoms with E-state index in [0.717, 1.165) is 22.6 Å². The van der Waals surface area contributed by atoms with Crippen LogP contribution >= 0.6 is 0 Å². The molecule has 0 bridgehead atoms. The fourth-order valence-electron chi connectivity index (χ4n) is 4.88. The van der Waals surface area contributed by atoms with E-state index < -0.39 is 8.32 Å². The van der Waals surface area contributed by atoms with Gasteiger partial charge >= 0.3 is 8.32 Å². The summed E-state index contributed by atoms with van der Waals surface area (Å²) in [5, 5.41) is 2.28. The minimum atomic E-state index is -2.83. The van der Waals surface area contributed by atoms with Crippen LogP contribution in [0.3, 0.4) is 0 Å². The molecule has 0 radical (unpaired) electrons. The molecule has 0 atom stereocenters. The van der Waals surface area contributed by atoms with Gasteiger partial charge in [-0.2, -0.15) is 0 Å². The molecular weight excluding hydrogens is 472 g/mol. The number of hydrogen-bond donors (Lipinski definition) is 0. The van der Waals surface area contributed by atoms with Crippen molar-refractivity contribution in [3.63, 3.8) is 0 Å². The van der Waals surface area contributed by atoms with Gasteiger partial charge in [0, 0.05) is 17.7 Å². The second-order valence-electron chi connectivity index (χ2n) is 10.1. The monoisotopic (exact) mass is 508 g/mol. The van der Waals surface area contributed by atoms with Gasteiger partial charge in [0.05, 0.1) is 14.2 Å². The summed E-state index contributed by atoms with van der Waals surface area (Å²) in [5.74, 6) is 2.26. The third-order valence-electron chi connectivity index (χ3n) is 6.71. The van der Waals surface area contributed by atoms with E-state index >= 15 is 0 Å². The molecule has 4 rings (SSSR count). The Bertz CT molecular complexity index is 1270. The second-order valence-corrected chi connectivity index (χ2v) is 14.3. The van der Waals surface area contributed by atoms with Crippen molar-refractivity contribution < 1.29 is 13.9 Å². The van der Waals surface area contributed by atoms with Gasteiger partial charge in [-0.3, -0.25) is 0 Å². The Labute approximate surface area is 222 Å². The number of rotatable bonds is 9. The third kappa shape index (κ3) is 5.65. The van der Waals surface area contributed by atoms with Crippen molar-refractivity contribution >= 4 is 24.8 Å². The van der Waals surface area contributed by atoms with E-state index in [9.17, 15) is 0 Å². The molecule has 0 saturated heterocycles. The fraction of sp³-hybridized carbons (Fsp3) is 0.212. The van der Waals surface area contributed by atoms with E-state index in [0.29, 0.717) is 12.2 Å². The highest BCUT2D eigenvalue weighted by atomic mass is 28.4. The molecule has 0 N–H and O–H groups in total. The molecular formula is C33H36O3Si. The van der Waals surface area contributed by atoms with E-state index in [4.69, 9.17) is 13.9 Å². The van der Waals surface area contributed by atoms with E-state index in [1.807, 2.05) is 30.3 Å². The van der Waals surface area contributed by atoms with Crippen molar-refractivity contribution in [2.24, 2.45) is 0 Å². The predicted molar refractivity (Wildman–Crippen MR) is 157 cm³/mol. The average Bonchev–Trinajstić information content (AvgIpc) is 2.93. The molecule has 0 saturated carbocycles. The molecule has 0 heterocycles. The zero-order valence-electron chi connectivity index (χ0n) is 22.4. The Morgan fingerprint density at radius 3 is 1.68 bits per heavy atom. The van der Waals surface area contributed by atoms with Gasteiger partial charge in [-0.25, -0.2) is 0 Å². The summed E-state index contributed by atoms with van der Waals surface area (Å²) in [7, 11) is 0.546. The lowest BCUT2D eigenvalue weighted by Crippen LogP contribution is -2.68. The van der Waals surface area contributed by atoms with Gasteiger partial charge in [0.25, 0.3) is 0 Å². The smallest absolute Gasteiger partial charge is 0.319 e. The summed E-state index contributed by atoms with van der Waals surface area (Å²) in [6.07, 6.45) is 4.96. The summed E-state index contributed by atoms with van der Waals surface area (Å²) in [6.45, 7) is 6.85. The van der Waals surface area contributed by atoms with Crippen molar-refractivity contribution in [2.45, 2.75) is 32.2 Å². The quantitative estimate of drug-likeness (QED) is 0.230. The molecule has 190 valence electrons. The molecule has 0 amide bonds. The van der Waals surface area contributed by atoms with Gasteiger partial charge in [-0.1, -0.05) is 124 Å². The first-order chi connectivity index (χ1) is 17.9. The first-order valence-corrected chi connectivity index (χ1v) is 14.6. The number of allylic oxidation sites excluding steroid dienone is 1. The van der Waals surface area contributed by atoms with Gasteiger partial charge in [0.15, 0.2) is 0 Å². The highest BCUT2D eigenvalue weighted by Crippen LogP contribution is 2.42. The van der Waals surface area contributed by atoms with Crippen LogP contribution in [0, 0.1) is 0 Å². The third-order valence-corrected chi connectivity index (χ3v) is 11.6. The number of hydrogen-bond acceptors (Lipinski definition) is 3. The van der Waals surface area contributed by atoms with E-state index in [1.54, 1.807) is 14.2 Å². The molecule has 0 unspecified atom stereocenters. The molecule has 4 heteroatoms. The lowest BCUT2D eigenvalue weighted by Gasteiger charge is -2.43. The van der Waals surface area contributed by atoms with Gasteiger partial charge < -0.3 is 13.9 Å². The van der Waals surface area contributed by atoms with Crippen LogP contribution in [0.1, 0.15) is 31.9 Å². The number of methoxy groups -OCH3 is 2. The van der Waals surface area contributed by atoms with Gasteiger partial charge in [0.1, 0.15) is 17.2 Å². The SMILES string of the molecule is COc1cc(OC)c(C/C=C/c2ccccc2)c(O[Si](c2ccccc2)(c2ccccc2)C(C)(C)C)c1. The Balaban J connectivity index is 1.90. The lowest BCUT2D eigenvalue weighted by atomic mass is 10.1. The molecule has 0 aliphatic rings. The zero-order valence-corrected chi connectivity index (χ0v) is 23.4. The molecule has 4 aromatic rings. The van der Waals surface area contributed by atoms with E-state index in [2.05, 4.69) is 106 Å². The predicted octanol–water partition coefficient (Wildman–Crippen LogP) is 6.90. The minimum Gasteiger partial charge on any atom is -0.534 e. The van der Waals surface area contributed by atoms with Gasteiger partial charge in [0.2, 0.25) is 0 Å². The highest BCUT2D eigenvalue weighted by molar-refractivity contribution is 7.00. The van der Waals surface area contributed by atoms with Crippen LogP contribution in [0.15, 0.2) is 109 Å². The minimum absolute atomic E-state index is 0.164. The fourth-order valence-corrected chi connectivity index (χ4v) is 9.32. The first-order valence-electron chi connectivity index (χ1n) is 12.7. The summed E-state index contributed by atoms with van der Waals surface area (Å²) < 4.78 is 18.9. The molecule has 0 aliphatic heterocycles. The lowest BCUT2D eigenvalue weighted by molar-refractivity contribution is 0.385. The number of ether oxygens (including phenoxy) is 2. The van der Waals surface area contributed by atoms with E-state index in [1.165, 1.54) is 10.4 Å². The summed E-state index contributed by atoms with van der Waals surface area (Å²) in [5.41, 5.74) is 2.16. The van der Waals surface area contributed by atoms with Crippen LogP contribution in [-0.4, -0.2) is 22.5 Å². The standard InChI is InChI=1S/C33H36O3Si/c1-33(2,3)37(28-19-11-7-12-20-28,29-21-13-8-14-22-29)36-32-25-27(34-4)24-31(35-5)30(32)23-15-18-26-16-9-6-10-17-26/h6-22,24-25H,23H2,1-5H3/b18-15+. The van der Waals surface area contributed by atoms with Crippen LogP contribution in [-0.2, 0) is 6.42 Å². The highest BCUT2D eigenvalue weighted by Gasteiger charge is 2.52. The average molecular weight is 509 g/mol. The summed E-state index contributed by atoms with van der Waals surface area (Å²) >= 11 is 0. The molecule has 0 spiro atoms. The Morgan fingerprint density at radius 1 is 0.676 bits per heavy atom. The van der Waals surface area contributed by atoms with Crippen LogP contribution in [0.25, 0.3) is 6.08 Å². The maximum absolute atomic E-state index is 7.40. The normalized spacial score (nSPS) is 11.9. The van der Waals surface area contributed by atoms with Gasteiger partial charge in [-0.15, -0.1) is 0 Å². The molecule has 3 nitrogen and oxygen atoms in total. The van der Waals surface area contributed by atoms with Crippen LogP contribution in [0.2, 0.25) is 5.04 Å². The van der Waals surface area contributed by atoms with Crippen LogP contribution in [0.4, 0.5) is 0 Å². The molecule has 4 aromatic carbocycles. The number of benzene rings is 4. The Kier molecular flexibility index (Phi) is 8.20. The van der Waals surface area contributed by atoms with Crippen molar-refractivity contribution in [2.75, 3.05) is 14.2 Å². The first kappa shape index (κ1) is 26.3. The Morgan fingerprint density at radius 2 is 1.19 bits per heavy atom. The van der Waals surface area contributed by atoms with E-state index in [-0.39, 0.29) is 5.04 Å². The van der Waals surface area contributed by atoms with Gasteiger partial charge in [-0.05, 0) is 27.4 Å². The zero-order chi connectivity index (χ0) is 26.3.